The molecule has 1 rings (SSSR count). The molecule has 0 N–H and O–H groups in total. The third-order valence-corrected chi connectivity index (χ3v) is 4.14. The Morgan fingerprint density at radius 1 is 1.22 bits per heavy atom. The Bertz CT molecular complexity index is 247. The highest BCUT2D eigenvalue weighted by Crippen LogP contribution is 2.28. The molecular formula is C16H28O2. The first-order valence-electron chi connectivity index (χ1n) is 7.76. The van der Waals surface area contributed by atoms with Gasteiger partial charge in [-0.2, -0.15) is 0 Å². The molecule has 0 amide bonds. The molecule has 2 nitrogen and oxygen atoms in total. The lowest BCUT2D eigenvalue weighted by molar-refractivity contribution is -0.121. The molecule has 0 radical (unpaired) electrons. The van der Waals surface area contributed by atoms with Crippen LogP contribution in [0, 0.1) is 11.8 Å². The number of ketones is 1. The summed E-state index contributed by atoms with van der Waals surface area (Å²) in [5.74, 6) is 0.716. The first-order chi connectivity index (χ1) is 8.77. The van der Waals surface area contributed by atoms with Crippen molar-refractivity contribution in [2.24, 2.45) is 11.8 Å². The van der Waals surface area contributed by atoms with Crippen molar-refractivity contribution >= 4 is 12.1 Å². The van der Waals surface area contributed by atoms with E-state index in [-0.39, 0.29) is 11.8 Å². The summed E-state index contributed by atoms with van der Waals surface area (Å²) in [6, 6.07) is 0. The molecule has 2 atom stereocenters. The van der Waals surface area contributed by atoms with E-state index >= 15 is 0 Å². The highest BCUT2D eigenvalue weighted by atomic mass is 16.1. The van der Waals surface area contributed by atoms with E-state index in [2.05, 4.69) is 6.92 Å². The van der Waals surface area contributed by atoms with Gasteiger partial charge in [0.15, 0.2) is 0 Å². The van der Waals surface area contributed by atoms with E-state index in [1.54, 1.807) is 0 Å². The van der Waals surface area contributed by atoms with Crippen LogP contribution in [0.25, 0.3) is 0 Å². The van der Waals surface area contributed by atoms with Crippen molar-refractivity contribution in [2.75, 3.05) is 0 Å². The molecule has 104 valence electrons. The molecular weight excluding hydrogens is 224 g/mol. The number of carbonyl (C=O) groups is 2. The van der Waals surface area contributed by atoms with E-state index in [0.717, 1.165) is 44.8 Å². The molecule has 1 fully saturated rings. The van der Waals surface area contributed by atoms with E-state index in [9.17, 15) is 9.59 Å². The Morgan fingerprint density at radius 2 is 1.94 bits per heavy atom. The van der Waals surface area contributed by atoms with Gasteiger partial charge in [-0.05, 0) is 25.7 Å². The van der Waals surface area contributed by atoms with E-state index in [1.165, 1.54) is 32.1 Å². The third-order valence-electron chi connectivity index (χ3n) is 4.14. The number of aldehydes is 1. The van der Waals surface area contributed by atoms with E-state index in [0.29, 0.717) is 5.78 Å². The summed E-state index contributed by atoms with van der Waals surface area (Å²) in [4.78, 5) is 22.6. The Balaban J connectivity index is 2.09. The van der Waals surface area contributed by atoms with Gasteiger partial charge in [-0.3, -0.25) is 4.79 Å². The van der Waals surface area contributed by atoms with Crippen molar-refractivity contribution < 1.29 is 9.59 Å². The second-order valence-corrected chi connectivity index (χ2v) is 5.74. The van der Waals surface area contributed by atoms with Crippen LogP contribution < -0.4 is 0 Å². The molecule has 18 heavy (non-hydrogen) atoms. The molecule has 0 saturated heterocycles. The zero-order chi connectivity index (χ0) is 13.2. The van der Waals surface area contributed by atoms with Crippen molar-refractivity contribution in [3.8, 4) is 0 Å². The Hall–Kier alpha value is -0.660. The van der Waals surface area contributed by atoms with Crippen LogP contribution >= 0.6 is 0 Å². The lowest BCUT2D eigenvalue weighted by Gasteiger charge is -2.14. The molecule has 0 aromatic carbocycles. The number of rotatable bonds is 10. The summed E-state index contributed by atoms with van der Waals surface area (Å²) in [6.45, 7) is 2.22. The summed E-state index contributed by atoms with van der Waals surface area (Å²) < 4.78 is 0. The van der Waals surface area contributed by atoms with Gasteiger partial charge < -0.3 is 4.79 Å². The van der Waals surface area contributed by atoms with E-state index in [4.69, 9.17) is 0 Å². The molecule has 1 saturated carbocycles. The molecule has 0 heterocycles. The maximum absolute atomic E-state index is 11.6. The fourth-order valence-corrected chi connectivity index (χ4v) is 2.93. The summed E-state index contributed by atoms with van der Waals surface area (Å²) in [5.41, 5.74) is 0. The van der Waals surface area contributed by atoms with Crippen molar-refractivity contribution in [3.63, 3.8) is 0 Å². The Kier molecular flexibility index (Phi) is 7.95. The van der Waals surface area contributed by atoms with Gasteiger partial charge in [-0.1, -0.05) is 45.4 Å². The topological polar surface area (TPSA) is 34.1 Å². The monoisotopic (exact) mass is 252 g/mol. The quantitative estimate of drug-likeness (QED) is 0.429. The number of carbonyl (C=O) groups excluding carboxylic acids is 2. The lowest BCUT2D eigenvalue weighted by atomic mass is 9.90. The summed E-state index contributed by atoms with van der Waals surface area (Å²) in [5, 5.41) is 0. The van der Waals surface area contributed by atoms with Gasteiger partial charge in [0.25, 0.3) is 0 Å². The van der Waals surface area contributed by atoms with E-state index < -0.39 is 0 Å². The maximum atomic E-state index is 11.6. The predicted octanol–water partition coefficient (Wildman–Crippen LogP) is 4.31. The van der Waals surface area contributed by atoms with Crippen molar-refractivity contribution in [3.05, 3.63) is 0 Å². The van der Waals surface area contributed by atoms with Crippen LogP contribution in [0.4, 0.5) is 0 Å². The molecule has 1 aliphatic carbocycles. The number of unbranched alkanes of at least 4 members (excludes halogenated alkanes) is 5. The first kappa shape index (κ1) is 15.4. The second kappa shape index (κ2) is 9.29. The fourth-order valence-electron chi connectivity index (χ4n) is 2.93. The standard InChI is InChI=1S/C16H28O2/c1-2-3-4-5-6-7-9-14(13-17)12-15-10-8-11-16(15)18/h13-15H,2-12H2,1H3/t14-,15-/m1/s1. The molecule has 0 unspecified atom stereocenters. The molecule has 0 aromatic rings. The summed E-state index contributed by atoms with van der Waals surface area (Å²) in [7, 11) is 0. The highest BCUT2D eigenvalue weighted by Gasteiger charge is 2.26. The average Bonchev–Trinajstić information content (AvgIpc) is 2.77. The van der Waals surface area contributed by atoms with Crippen LogP contribution in [-0.4, -0.2) is 12.1 Å². The second-order valence-electron chi connectivity index (χ2n) is 5.74. The molecule has 0 aliphatic heterocycles. The number of Topliss-reactive ketones (excluding diaryl/α,β-unsaturated/α-hetero) is 1. The first-order valence-corrected chi connectivity index (χ1v) is 7.76. The van der Waals surface area contributed by atoms with Crippen LogP contribution in [0.15, 0.2) is 0 Å². The number of hydrogen-bond donors (Lipinski definition) is 0. The predicted molar refractivity (Wildman–Crippen MR) is 74.5 cm³/mol. The normalized spacial score (nSPS) is 21.2. The van der Waals surface area contributed by atoms with Gasteiger partial charge in [0.2, 0.25) is 0 Å². The van der Waals surface area contributed by atoms with Crippen LogP contribution in [0.1, 0.15) is 77.6 Å². The summed E-state index contributed by atoms with van der Waals surface area (Å²) in [6.07, 6.45) is 13.3. The van der Waals surface area contributed by atoms with Crippen LogP contribution in [-0.2, 0) is 9.59 Å². The average molecular weight is 252 g/mol. The van der Waals surface area contributed by atoms with Gasteiger partial charge in [0.1, 0.15) is 12.1 Å². The minimum atomic E-state index is 0.128. The zero-order valence-corrected chi connectivity index (χ0v) is 11.8. The van der Waals surface area contributed by atoms with Gasteiger partial charge in [0.05, 0.1) is 0 Å². The molecule has 0 aromatic heterocycles. The lowest BCUT2D eigenvalue weighted by Crippen LogP contribution is -2.13. The smallest absolute Gasteiger partial charge is 0.136 e. The maximum Gasteiger partial charge on any atom is 0.136 e. The van der Waals surface area contributed by atoms with Gasteiger partial charge >= 0.3 is 0 Å². The van der Waals surface area contributed by atoms with Gasteiger partial charge in [0, 0.05) is 18.3 Å². The third kappa shape index (κ3) is 5.79. The summed E-state index contributed by atoms with van der Waals surface area (Å²) >= 11 is 0. The zero-order valence-electron chi connectivity index (χ0n) is 11.8. The van der Waals surface area contributed by atoms with Crippen LogP contribution in [0.3, 0.4) is 0 Å². The van der Waals surface area contributed by atoms with E-state index in [1.807, 2.05) is 0 Å². The highest BCUT2D eigenvalue weighted by molar-refractivity contribution is 5.83. The van der Waals surface area contributed by atoms with Crippen LogP contribution in [0.5, 0.6) is 0 Å². The van der Waals surface area contributed by atoms with Crippen molar-refractivity contribution in [2.45, 2.75) is 77.6 Å². The Morgan fingerprint density at radius 3 is 2.56 bits per heavy atom. The number of hydrogen-bond acceptors (Lipinski definition) is 2. The minimum absolute atomic E-state index is 0.128. The minimum Gasteiger partial charge on any atom is -0.303 e. The molecule has 1 aliphatic rings. The van der Waals surface area contributed by atoms with Crippen LogP contribution in [0.2, 0.25) is 0 Å². The Labute approximate surface area is 112 Å². The van der Waals surface area contributed by atoms with Crippen molar-refractivity contribution in [1.29, 1.82) is 0 Å². The van der Waals surface area contributed by atoms with Crippen molar-refractivity contribution in [1.82, 2.24) is 0 Å². The van der Waals surface area contributed by atoms with Gasteiger partial charge in [-0.15, -0.1) is 0 Å². The largest absolute Gasteiger partial charge is 0.303 e. The molecule has 2 heteroatoms. The fraction of sp³-hybridized carbons (Fsp3) is 0.875. The molecule has 0 bridgehead atoms. The van der Waals surface area contributed by atoms with Gasteiger partial charge in [-0.25, -0.2) is 0 Å². The molecule has 0 spiro atoms. The SMILES string of the molecule is CCCCCCCC[C@@H](C=O)C[C@H]1CCCC1=O.